The van der Waals surface area contributed by atoms with Gasteiger partial charge in [-0.1, -0.05) is 77.8 Å². The summed E-state index contributed by atoms with van der Waals surface area (Å²) >= 11 is 3.58. The van der Waals surface area contributed by atoms with Crippen LogP contribution in [0, 0.1) is 0 Å². The van der Waals surface area contributed by atoms with Gasteiger partial charge in [-0.15, -0.1) is 0 Å². The third kappa shape index (κ3) is 4.98. The molecule has 152 valence electrons. The maximum Gasteiger partial charge on any atom is 0.330 e. The molecule has 3 aromatic rings. The minimum Gasteiger partial charge on any atom is -0.383 e. The van der Waals surface area contributed by atoms with Crippen molar-refractivity contribution in [1.82, 2.24) is 9.55 Å². The van der Waals surface area contributed by atoms with E-state index in [1.807, 2.05) is 66.4 Å². The molecule has 2 aromatic carbocycles. The number of halogens is 1. The Morgan fingerprint density at radius 3 is 2.41 bits per heavy atom. The van der Waals surface area contributed by atoms with E-state index in [1.54, 1.807) is 0 Å². The smallest absolute Gasteiger partial charge is 0.330 e. The Bertz CT molecular complexity index is 1080. The Hall–Kier alpha value is -2.80. The van der Waals surface area contributed by atoms with E-state index in [2.05, 4.69) is 20.9 Å². The molecule has 3 rings (SSSR count). The van der Waals surface area contributed by atoms with Crippen LogP contribution in [0.1, 0.15) is 30.9 Å². The molecule has 1 heterocycles. The van der Waals surface area contributed by atoms with Crippen LogP contribution >= 0.6 is 15.9 Å². The summed E-state index contributed by atoms with van der Waals surface area (Å²) in [5.74, 6) is 0.204. The van der Waals surface area contributed by atoms with Crippen LogP contribution in [0.2, 0.25) is 0 Å². The van der Waals surface area contributed by atoms with Crippen LogP contribution in [0.5, 0.6) is 0 Å². The lowest BCUT2D eigenvalue weighted by atomic mass is 10.1. The number of benzene rings is 2. The number of nitrogen functional groups attached to an aromatic ring is 1. The van der Waals surface area contributed by atoms with E-state index < -0.39 is 11.2 Å². The SMILES string of the molecule is CCCCn1c(N)c(N(Cc2ccccc2)Cc2ccccc2Br)c(=O)[nH]c1=O. The average Bonchev–Trinajstić information content (AvgIpc) is 2.70. The summed E-state index contributed by atoms with van der Waals surface area (Å²) in [6.07, 6.45) is 1.73. The van der Waals surface area contributed by atoms with Gasteiger partial charge in [-0.3, -0.25) is 14.3 Å². The topological polar surface area (TPSA) is 84.1 Å². The second-order valence-electron chi connectivity index (χ2n) is 6.93. The van der Waals surface area contributed by atoms with Crippen LogP contribution in [0.4, 0.5) is 11.5 Å². The van der Waals surface area contributed by atoms with Crippen molar-refractivity contribution in [3.05, 3.63) is 91.0 Å². The summed E-state index contributed by atoms with van der Waals surface area (Å²) in [7, 11) is 0. The largest absolute Gasteiger partial charge is 0.383 e. The lowest BCUT2D eigenvalue weighted by molar-refractivity contribution is 0.601. The predicted molar refractivity (Wildman–Crippen MR) is 121 cm³/mol. The number of aromatic amines is 1. The third-order valence-corrected chi connectivity index (χ3v) is 5.57. The average molecular weight is 457 g/mol. The van der Waals surface area contributed by atoms with Gasteiger partial charge in [0.25, 0.3) is 5.56 Å². The molecule has 6 nitrogen and oxygen atoms in total. The molecule has 0 aliphatic carbocycles. The molecule has 0 bridgehead atoms. The molecule has 0 atom stereocenters. The second-order valence-corrected chi connectivity index (χ2v) is 7.79. The third-order valence-electron chi connectivity index (χ3n) is 4.80. The summed E-state index contributed by atoms with van der Waals surface area (Å²) in [4.78, 5) is 29.5. The summed E-state index contributed by atoms with van der Waals surface area (Å²) in [6, 6.07) is 17.7. The van der Waals surface area contributed by atoms with Crippen molar-refractivity contribution in [1.29, 1.82) is 0 Å². The number of anilines is 2. The van der Waals surface area contributed by atoms with Crippen molar-refractivity contribution >= 4 is 27.4 Å². The normalized spacial score (nSPS) is 10.8. The molecule has 7 heteroatoms. The van der Waals surface area contributed by atoms with Crippen molar-refractivity contribution in [2.24, 2.45) is 0 Å². The van der Waals surface area contributed by atoms with Gasteiger partial charge in [0.15, 0.2) is 0 Å². The van der Waals surface area contributed by atoms with Crippen molar-refractivity contribution < 1.29 is 0 Å². The van der Waals surface area contributed by atoms with Crippen LogP contribution in [0.25, 0.3) is 0 Å². The number of H-pyrrole nitrogens is 1. The van der Waals surface area contributed by atoms with Crippen LogP contribution in [0.15, 0.2) is 68.7 Å². The van der Waals surface area contributed by atoms with E-state index in [4.69, 9.17) is 5.73 Å². The predicted octanol–water partition coefficient (Wildman–Crippen LogP) is 3.89. The van der Waals surface area contributed by atoms with Gasteiger partial charge in [0.05, 0.1) is 0 Å². The fourth-order valence-corrected chi connectivity index (χ4v) is 3.68. The van der Waals surface area contributed by atoms with E-state index in [9.17, 15) is 9.59 Å². The van der Waals surface area contributed by atoms with Crippen LogP contribution < -0.4 is 21.9 Å². The Balaban J connectivity index is 2.09. The standard InChI is InChI=1S/C22H25BrN4O2/c1-2-3-13-27-20(24)19(21(28)25-22(27)29)26(14-16-9-5-4-6-10-16)15-17-11-7-8-12-18(17)23/h4-12H,2-3,13-15,24H2,1H3,(H,25,28,29). The second kappa shape index (κ2) is 9.60. The molecule has 0 fully saturated rings. The quantitative estimate of drug-likeness (QED) is 0.538. The molecule has 0 spiro atoms. The monoisotopic (exact) mass is 456 g/mol. The van der Waals surface area contributed by atoms with Gasteiger partial charge < -0.3 is 10.6 Å². The van der Waals surface area contributed by atoms with Crippen molar-refractivity contribution in [3.63, 3.8) is 0 Å². The van der Waals surface area contributed by atoms with Gasteiger partial charge in [-0.25, -0.2) is 4.79 Å². The van der Waals surface area contributed by atoms with Gasteiger partial charge in [0, 0.05) is 24.1 Å². The van der Waals surface area contributed by atoms with Gasteiger partial charge in [0.2, 0.25) is 0 Å². The van der Waals surface area contributed by atoms with Crippen molar-refractivity contribution in [2.45, 2.75) is 39.4 Å². The highest BCUT2D eigenvalue weighted by atomic mass is 79.9. The van der Waals surface area contributed by atoms with E-state index in [0.717, 1.165) is 28.4 Å². The molecule has 0 saturated carbocycles. The molecule has 0 aliphatic heterocycles. The summed E-state index contributed by atoms with van der Waals surface area (Å²) in [5, 5.41) is 0. The minimum atomic E-state index is -0.469. The molecule has 0 unspecified atom stereocenters. The molecule has 0 radical (unpaired) electrons. The number of aromatic nitrogens is 2. The van der Waals surface area contributed by atoms with Crippen LogP contribution in [-0.2, 0) is 19.6 Å². The van der Waals surface area contributed by atoms with Crippen molar-refractivity contribution in [3.8, 4) is 0 Å². The fourth-order valence-electron chi connectivity index (χ4n) is 3.27. The number of rotatable bonds is 8. The summed E-state index contributed by atoms with van der Waals surface area (Å²) < 4.78 is 2.41. The van der Waals surface area contributed by atoms with E-state index in [1.165, 1.54) is 4.57 Å². The molecular formula is C22H25BrN4O2. The number of nitrogens with two attached hydrogens (primary N) is 1. The molecule has 0 aliphatic rings. The van der Waals surface area contributed by atoms with E-state index in [0.29, 0.717) is 25.3 Å². The highest BCUT2D eigenvalue weighted by Crippen LogP contribution is 2.25. The number of nitrogens with zero attached hydrogens (tertiary/aromatic N) is 2. The zero-order chi connectivity index (χ0) is 20.8. The fraction of sp³-hybridized carbons (Fsp3) is 0.273. The maximum absolute atomic E-state index is 12.8. The molecule has 3 N–H and O–H groups in total. The lowest BCUT2D eigenvalue weighted by Crippen LogP contribution is -2.38. The molecule has 29 heavy (non-hydrogen) atoms. The zero-order valence-electron chi connectivity index (χ0n) is 16.4. The molecule has 0 saturated heterocycles. The number of hydrogen-bond donors (Lipinski definition) is 2. The van der Waals surface area contributed by atoms with Crippen LogP contribution in [0.3, 0.4) is 0 Å². The number of unbranched alkanes of at least 4 members (excludes halogenated alkanes) is 1. The molecule has 1 aromatic heterocycles. The Kier molecular flexibility index (Phi) is 6.93. The van der Waals surface area contributed by atoms with Gasteiger partial charge in [-0.2, -0.15) is 0 Å². The Morgan fingerprint density at radius 2 is 1.72 bits per heavy atom. The van der Waals surface area contributed by atoms with E-state index >= 15 is 0 Å². The first-order valence-corrected chi connectivity index (χ1v) is 10.5. The highest BCUT2D eigenvalue weighted by molar-refractivity contribution is 9.10. The molecule has 0 amide bonds. The number of nitrogens with one attached hydrogen (secondary N) is 1. The first-order chi connectivity index (χ1) is 14.0. The maximum atomic E-state index is 12.8. The first kappa shape index (κ1) is 20.9. The first-order valence-electron chi connectivity index (χ1n) is 9.66. The highest BCUT2D eigenvalue weighted by Gasteiger charge is 2.20. The van der Waals surface area contributed by atoms with Gasteiger partial charge in [0.1, 0.15) is 11.5 Å². The van der Waals surface area contributed by atoms with Crippen molar-refractivity contribution in [2.75, 3.05) is 10.6 Å². The van der Waals surface area contributed by atoms with Gasteiger partial charge >= 0.3 is 5.69 Å². The Morgan fingerprint density at radius 1 is 1.03 bits per heavy atom. The van der Waals surface area contributed by atoms with Crippen LogP contribution in [-0.4, -0.2) is 9.55 Å². The lowest BCUT2D eigenvalue weighted by Gasteiger charge is -2.27. The minimum absolute atomic E-state index is 0.204. The summed E-state index contributed by atoms with van der Waals surface area (Å²) in [6.45, 7) is 3.47. The zero-order valence-corrected chi connectivity index (χ0v) is 18.0. The Labute approximate surface area is 178 Å². The number of hydrogen-bond acceptors (Lipinski definition) is 4. The summed E-state index contributed by atoms with van der Waals surface area (Å²) in [5.41, 5.74) is 7.81. The van der Waals surface area contributed by atoms with Gasteiger partial charge in [-0.05, 0) is 23.6 Å². The molecular weight excluding hydrogens is 432 g/mol. The van der Waals surface area contributed by atoms with E-state index in [-0.39, 0.29) is 5.82 Å².